The van der Waals surface area contributed by atoms with E-state index in [9.17, 15) is 8.42 Å². The molecule has 2 atom stereocenters. The highest BCUT2D eigenvalue weighted by atomic mass is 32.2. The number of nitrogens with zero attached hydrogens (tertiary/aromatic N) is 2. The largest absolute Gasteiger partial charge is 0.316 e. The van der Waals surface area contributed by atoms with E-state index in [1.54, 1.807) is 6.92 Å². The summed E-state index contributed by atoms with van der Waals surface area (Å²) in [5.41, 5.74) is 0.126. The Bertz CT molecular complexity index is 420. The van der Waals surface area contributed by atoms with Crippen LogP contribution in [0.4, 0.5) is 0 Å². The third kappa shape index (κ3) is 2.19. The van der Waals surface area contributed by atoms with Gasteiger partial charge in [-0.15, -0.1) is 0 Å². The molecule has 2 aliphatic rings. The van der Waals surface area contributed by atoms with Crippen LogP contribution in [0.3, 0.4) is 0 Å². The second-order valence-electron chi connectivity index (χ2n) is 5.08. The Morgan fingerprint density at radius 3 is 2.82 bits per heavy atom. The average Bonchev–Trinajstić information content (AvgIpc) is 2.91. The van der Waals surface area contributed by atoms with E-state index >= 15 is 0 Å². The van der Waals surface area contributed by atoms with E-state index in [4.69, 9.17) is 5.26 Å². The van der Waals surface area contributed by atoms with Crippen molar-refractivity contribution in [3.63, 3.8) is 0 Å². The molecule has 0 aromatic heterocycles. The monoisotopic (exact) mass is 257 g/mol. The Kier molecular flexibility index (Phi) is 3.43. The Labute approximate surface area is 103 Å². The first-order valence-electron chi connectivity index (χ1n) is 6.13. The number of rotatable bonds is 3. The molecule has 1 spiro atoms. The molecule has 6 heteroatoms. The predicted octanol–water partition coefficient (Wildman–Crippen LogP) is 0.304. The van der Waals surface area contributed by atoms with Crippen molar-refractivity contribution in [2.24, 2.45) is 5.41 Å². The van der Waals surface area contributed by atoms with Gasteiger partial charge < -0.3 is 5.32 Å². The molecule has 0 aromatic carbocycles. The molecule has 17 heavy (non-hydrogen) atoms. The van der Waals surface area contributed by atoms with E-state index in [1.165, 1.54) is 4.31 Å². The summed E-state index contributed by atoms with van der Waals surface area (Å²) in [7, 11) is -3.42. The van der Waals surface area contributed by atoms with Gasteiger partial charge in [0.1, 0.15) is 0 Å². The second kappa shape index (κ2) is 4.56. The number of sulfonamides is 1. The SMILES string of the molecule is CCC(C#N)S(=O)(=O)N1CCC2(CCNC2)C1. The molecular weight excluding hydrogens is 238 g/mol. The van der Waals surface area contributed by atoms with Crippen molar-refractivity contribution in [3.05, 3.63) is 0 Å². The standard InChI is InChI=1S/C11H19N3O2S/c1-2-10(7-12)17(15,16)14-6-4-11(9-14)3-5-13-8-11/h10,13H,2-6,8-9H2,1H3. The third-order valence-electron chi connectivity index (χ3n) is 3.97. The minimum absolute atomic E-state index is 0.126. The number of nitrogens with one attached hydrogen (secondary N) is 1. The van der Waals surface area contributed by atoms with Gasteiger partial charge in [0.25, 0.3) is 0 Å². The van der Waals surface area contributed by atoms with Crippen LogP contribution >= 0.6 is 0 Å². The Morgan fingerprint density at radius 1 is 1.53 bits per heavy atom. The van der Waals surface area contributed by atoms with Crippen molar-refractivity contribution in [2.75, 3.05) is 26.2 Å². The van der Waals surface area contributed by atoms with Crippen LogP contribution in [-0.2, 0) is 10.0 Å². The first kappa shape index (κ1) is 12.8. The number of hydrogen-bond donors (Lipinski definition) is 1. The number of nitriles is 1. The van der Waals surface area contributed by atoms with Crippen molar-refractivity contribution >= 4 is 10.0 Å². The van der Waals surface area contributed by atoms with Gasteiger partial charge in [-0.1, -0.05) is 6.92 Å². The highest BCUT2D eigenvalue weighted by molar-refractivity contribution is 7.90. The Morgan fingerprint density at radius 2 is 2.29 bits per heavy atom. The molecule has 0 radical (unpaired) electrons. The number of hydrogen-bond acceptors (Lipinski definition) is 4. The van der Waals surface area contributed by atoms with Gasteiger partial charge in [0.05, 0.1) is 6.07 Å². The zero-order chi connectivity index (χ0) is 12.5. The van der Waals surface area contributed by atoms with Crippen molar-refractivity contribution < 1.29 is 8.42 Å². The van der Waals surface area contributed by atoms with Gasteiger partial charge in [0, 0.05) is 19.6 Å². The molecule has 0 aliphatic carbocycles. The second-order valence-corrected chi connectivity index (χ2v) is 7.20. The molecule has 2 heterocycles. The molecule has 0 saturated carbocycles. The summed E-state index contributed by atoms with van der Waals surface area (Å²) < 4.78 is 26.0. The van der Waals surface area contributed by atoms with E-state index in [1.807, 2.05) is 6.07 Å². The average molecular weight is 257 g/mol. The summed E-state index contributed by atoms with van der Waals surface area (Å²) in [6, 6.07) is 1.90. The zero-order valence-corrected chi connectivity index (χ0v) is 11.0. The lowest BCUT2D eigenvalue weighted by Crippen LogP contribution is -2.38. The molecule has 2 unspecified atom stereocenters. The van der Waals surface area contributed by atoms with Crippen molar-refractivity contribution in [1.82, 2.24) is 9.62 Å². The molecule has 96 valence electrons. The van der Waals surface area contributed by atoms with Gasteiger partial charge in [-0.2, -0.15) is 5.26 Å². The van der Waals surface area contributed by atoms with Gasteiger partial charge in [-0.25, -0.2) is 12.7 Å². The molecule has 0 aromatic rings. The van der Waals surface area contributed by atoms with E-state index in [2.05, 4.69) is 5.32 Å². The van der Waals surface area contributed by atoms with E-state index in [0.717, 1.165) is 25.9 Å². The summed E-state index contributed by atoms with van der Waals surface area (Å²) in [6.07, 6.45) is 2.32. The van der Waals surface area contributed by atoms with Crippen molar-refractivity contribution in [1.29, 1.82) is 5.26 Å². The molecule has 0 amide bonds. The maximum Gasteiger partial charge on any atom is 0.230 e. The summed E-state index contributed by atoms with van der Waals surface area (Å²) in [6.45, 7) is 4.78. The quantitative estimate of drug-likeness (QED) is 0.789. The van der Waals surface area contributed by atoms with Crippen LogP contribution in [0.2, 0.25) is 0 Å². The van der Waals surface area contributed by atoms with Gasteiger partial charge in [-0.05, 0) is 31.2 Å². The molecule has 2 fully saturated rings. The zero-order valence-electron chi connectivity index (χ0n) is 10.1. The highest BCUT2D eigenvalue weighted by Crippen LogP contribution is 2.37. The summed E-state index contributed by atoms with van der Waals surface area (Å²) in [4.78, 5) is 0. The van der Waals surface area contributed by atoms with Crippen molar-refractivity contribution in [3.8, 4) is 6.07 Å². The van der Waals surface area contributed by atoms with Crippen LogP contribution in [0, 0.1) is 16.7 Å². The lowest BCUT2D eigenvalue weighted by Gasteiger charge is -2.23. The lowest BCUT2D eigenvalue weighted by atomic mass is 9.87. The molecule has 1 N–H and O–H groups in total. The van der Waals surface area contributed by atoms with Crippen LogP contribution in [0.5, 0.6) is 0 Å². The predicted molar refractivity (Wildman–Crippen MR) is 64.7 cm³/mol. The van der Waals surface area contributed by atoms with Crippen LogP contribution in [0.1, 0.15) is 26.2 Å². The van der Waals surface area contributed by atoms with Gasteiger partial charge in [0.15, 0.2) is 5.25 Å². The van der Waals surface area contributed by atoms with Gasteiger partial charge >= 0.3 is 0 Å². The van der Waals surface area contributed by atoms with E-state index in [0.29, 0.717) is 19.5 Å². The fourth-order valence-corrected chi connectivity index (χ4v) is 4.52. The summed E-state index contributed by atoms with van der Waals surface area (Å²) in [5.74, 6) is 0. The fraction of sp³-hybridized carbons (Fsp3) is 0.909. The molecule has 2 saturated heterocycles. The summed E-state index contributed by atoms with van der Waals surface area (Å²) in [5, 5.41) is 11.3. The summed E-state index contributed by atoms with van der Waals surface area (Å²) >= 11 is 0. The Hall–Kier alpha value is -0.640. The maximum absolute atomic E-state index is 12.2. The van der Waals surface area contributed by atoms with E-state index < -0.39 is 15.3 Å². The lowest BCUT2D eigenvalue weighted by molar-refractivity contribution is 0.337. The fourth-order valence-electron chi connectivity index (χ4n) is 2.80. The molecule has 0 bridgehead atoms. The molecule has 2 aliphatic heterocycles. The minimum atomic E-state index is -3.42. The molecule has 5 nitrogen and oxygen atoms in total. The van der Waals surface area contributed by atoms with Crippen LogP contribution in [0.25, 0.3) is 0 Å². The van der Waals surface area contributed by atoms with Crippen LogP contribution < -0.4 is 5.32 Å². The topological polar surface area (TPSA) is 73.2 Å². The van der Waals surface area contributed by atoms with Gasteiger partial charge in [0.2, 0.25) is 10.0 Å². The third-order valence-corrected chi connectivity index (χ3v) is 6.16. The van der Waals surface area contributed by atoms with Gasteiger partial charge in [-0.3, -0.25) is 0 Å². The molecule has 2 rings (SSSR count). The minimum Gasteiger partial charge on any atom is -0.316 e. The normalized spacial score (nSPS) is 31.8. The first-order chi connectivity index (χ1) is 8.04. The Balaban J connectivity index is 2.13. The maximum atomic E-state index is 12.2. The van der Waals surface area contributed by atoms with Crippen LogP contribution in [0.15, 0.2) is 0 Å². The van der Waals surface area contributed by atoms with Crippen molar-refractivity contribution in [2.45, 2.75) is 31.4 Å². The molecular formula is C11H19N3O2S. The first-order valence-corrected chi connectivity index (χ1v) is 7.64. The highest BCUT2D eigenvalue weighted by Gasteiger charge is 2.45. The van der Waals surface area contributed by atoms with Crippen LogP contribution in [-0.4, -0.2) is 44.2 Å². The van der Waals surface area contributed by atoms with E-state index in [-0.39, 0.29) is 5.41 Å². The smallest absolute Gasteiger partial charge is 0.230 e.